The van der Waals surface area contributed by atoms with Gasteiger partial charge in [0.15, 0.2) is 6.61 Å². The Morgan fingerprint density at radius 3 is 2.43 bits per heavy atom. The van der Waals surface area contributed by atoms with Gasteiger partial charge in [0.05, 0.1) is 0 Å². The largest absolute Gasteiger partial charge is 0.483 e. The normalized spacial score (nSPS) is 14.4. The van der Waals surface area contributed by atoms with Crippen LogP contribution in [0.3, 0.4) is 0 Å². The van der Waals surface area contributed by atoms with E-state index in [1.54, 1.807) is 24.3 Å². The van der Waals surface area contributed by atoms with Crippen molar-refractivity contribution in [3.8, 4) is 5.75 Å². The Kier molecular flexibility index (Phi) is 6.69. The summed E-state index contributed by atoms with van der Waals surface area (Å²) in [6, 6.07) is 13.1. The van der Waals surface area contributed by atoms with Crippen LogP contribution in [0.2, 0.25) is 0 Å². The average molecular weight is 380 g/mol. The number of ether oxygens (including phenoxy) is 1. The fourth-order valence-electron chi connectivity index (χ4n) is 3.42. The number of nitrogens with one attached hydrogen (secondary N) is 2. The molecule has 1 saturated carbocycles. The predicted molar refractivity (Wildman–Crippen MR) is 111 cm³/mol. The van der Waals surface area contributed by atoms with Gasteiger partial charge in [-0.1, -0.05) is 31.4 Å². The molecule has 28 heavy (non-hydrogen) atoms. The lowest BCUT2D eigenvalue weighted by molar-refractivity contribution is -0.118. The fraction of sp³-hybridized carbons (Fsp3) is 0.391. The molecule has 0 saturated heterocycles. The summed E-state index contributed by atoms with van der Waals surface area (Å²) < 4.78 is 5.62. The van der Waals surface area contributed by atoms with Crippen LogP contribution in [0, 0.1) is 13.8 Å². The lowest BCUT2D eigenvalue weighted by atomic mass is 9.95. The maximum absolute atomic E-state index is 12.3. The number of carbonyl (C=O) groups excluding carboxylic acids is 2. The van der Waals surface area contributed by atoms with Crippen molar-refractivity contribution in [1.29, 1.82) is 0 Å². The van der Waals surface area contributed by atoms with E-state index in [0.717, 1.165) is 24.0 Å². The van der Waals surface area contributed by atoms with Crippen molar-refractivity contribution >= 4 is 17.5 Å². The van der Waals surface area contributed by atoms with Gasteiger partial charge in [0, 0.05) is 17.3 Å². The number of carbonyl (C=O) groups is 2. The summed E-state index contributed by atoms with van der Waals surface area (Å²) in [7, 11) is 0. The van der Waals surface area contributed by atoms with E-state index >= 15 is 0 Å². The molecule has 3 rings (SSSR count). The highest BCUT2D eigenvalue weighted by molar-refractivity contribution is 5.96. The topological polar surface area (TPSA) is 67.4 Å². The summed E-state index contributed by atoms with van der Waals surface area (Å²) in [4.78, 5) is 24.5. The molecule has 0 heterocycles. The number of amides is 2. The zero-order chi connectivity index (χ0) is 19.9. The highest BCUT2D eigenvalue weighted by atomic mass is 16.5. The highest BCUT2D eigenvalue weighted by Gasteiger charge is 2.16. The molecule has 0 radical (unpaired) electrons. The molecule has 1 aliphatic rings. The van der Waals surface area contributed by atoms with Crippen molar-refractivity contribution in [3.05, 3.63) is 59.2 Å². The summed E-state index contributed by atoms with van der Waals surface area (Å²) in [6.45, 7) is 3.87. The van der Waals surface area contributed by atoms with E-state index < -0.39 is 0 Å². The van der Waals surface area contributed by atoms with E-state index in [1.165, 1.54) is 19.3 Å². The summed E-state index contributed by atoms with van der Waals surface area (Å²) in [5, 5.41) is 5.90. The van der Waals surface area contributed by atoms with Crippen molar-refractivity contribution in [1.82, 2.24) is 5.32 Å². The van der Waals surface area contributed by atoms with Gasteiger partial charge in [0.2, 0.25) is 0 Å². The summed E-state index contributed by atoms with van der Waals surface area (Å²) >= 11 is 0. The lowest BCUT2D eigenvalue weighted by Crippen LogP contribution is -2.36. The second-order valence-electron chi connectivity index (χ2n) is 7.49. The van der Waals surface area contributed by atoms with E-state index in [2.05, 4.69) is 10.6 Å². The van der Waals surface area contributed by atoms with Crippen molar-refractivity contribution in [2.24, 2.45) is 0 Å². The molecule has 2 amide bonds. The average Bonchev–Trinajstić information content (AvgIpc) is 2.70. The molecular weight excluding hydrogens is 352 g/mol. The van der Waals surface area contributed by atoms with Crippen molar-refractivity contribution in [3.63, 3.8) is 0 Å². The van der Waals surface area contributed by atoms with Crippen molar-refractivity contribution in [2.75, 3.05) is 11.9 Å². The molecular formula is C23H28N2O3. The first-order valence-electron chi connectivity index (χ1n) is 9.92. The van der Waals surface area contributed by atoms with Crippen molar-refractivity contribution in [2.45, 2.75) is 52.0 Å². The second kappa shape index (κ2) is 9.40. The van der Waals surface area contributed by atoms with E-state index in [4.69, 9.17) is 4.74 Å². The van der Waals surface area contributed by atoms with Gasteiger partial charge in [-0.25, -0.2) is 0 Å². The van der Waals surface area contributed by atoms with Crippen LogP contribution in [-0.4, -0.2) is 24.5 Å². The van der Waals surface area contributed by atoms with Crippen LogP contribution in [0.5, 0.6) is 5.75 Å². The minimum atomic E-state index is -0.236. The second-order valence-corrected chi connectivity index (χ2v) is 7.49. The molecule has 0 spiro atoms. The number of anilines is 1. The quantitative estimate of drug-likeness (QED) is 0.781. The Labute approximate surface area is 166 Å². The number of aryl methyl sites for hydroxylation is 2. The first-order valence-corrected chi connectivity index (χ1v) is 9.92. The third-order valence-corrected chi connectivity index (χ3v) is 5.07. The van der Waals surface area contributed by atoms with Gasteiger partial charge in [0.25, 0.3) is 11.8 Å². The smallest absolute Gasteiger partial charge is 0.262 e. The molecule has 148 valence electrons. The van der Waals surface area contributed by atoms with E-state index in [-0.39, 0.29) is 24.5 Å². The number of hydrogen-bond acceptors (Lipinski definition) is 3. The van der Waals surface area contributed by atoms with E-state index in [0.29, 0.717) is 17.0 Å². The van der Waals surface area contributed by atoms with Crippen LogP contribution in [0.25, 0.3) is 0 Å². The van der Waals surface area contributed by atoms with E-state index in [9.17, 15) is 9.59 Å². The van der Waals surface area contributed by atoms with Crippen LogP contribution in [0.4, 0.5) is 5.69 Å². The predicted octanol–water partition coefficient (Wildman–Crippen LogP) is 4.38. The number of benzene rings is 2. The van der Waals surface area contributed by atoms with Gasteiger partial charge in [-0.2, -0.15) is 0 Å². The Balaban J connectivity index is 1.49. The summed E-state index contributed by atoms with van der Waals surface area (Å²) in [5.74, 6) is 0.424. The van der Waals surface area contributed by atoms with Crippen LogP contribution in [0.15, 0.2) is 42.5 Å². The minimum Gasteiger partial charge on any atom is -0.483 e. The molecule has 2 aromatic rings. The zero-order valence-corrected chi connectivity index (χ0v) is 16.6. The molecule has 5 heteroatoms. The van der Waals surface area contributed by atoms with Crippen LogP contribution >= 0.6 is 0 Å². The maximum atomic E-state index is 12.3. The minimum absolute atomic E-state index is 0.0527. The molecule has 0 unspecified atom stereocenters. The molecule has 2 aromatic carbocycles. The standard InChI is InChI=1S/C23H28N2O3/c1-16-8-9-17(2)21(14-16)28-15-22(26)24-20-12-10-18(11-13-20)23(27)25-19-6-4-3-5-7-19/h8-14,19H,3-7,15H2,1-2H3,(H,24,26)(H,25,27). The SMILES string of the molecule is Cc1ccc(C)c(OCC(=O)Nc2ccc(C(=O)NC3CCCCC3)cc2)c1. The van der Waals surface area contributed by atoms with Crippen LogP contribution in [0.1, 0.15) is 53.6 Å². The first kappa shape index (κ1) is 19.9. The molecule has 0 aromatic heterocycles. The maximum Gasteiger partial charge on any atom is 0.262 e. The number of hydrogen-bond donors (Lipinski definition) is 2. The van der Waals surface area contributed by atoms with Gasteiger partial charge in [0.1, 0.15) is 5.75 Å². The third kappa shape index (κ3) is 5.59. The third-order valence-electron chi connectivity index (χ3n) is 5.07. The molecule has 1 aliphatic carbocycles. The Hall–Kier alpha value is -2.82. The number of rotatable bonds is 6. The molecule has 0 bridgehead atoms. The lowest BCUT2D eigenvalue weighted by Gasteiger charge is -2.22. The van der Waals surface area contributed by atoms with E-state index in [1.807, 2.05) is 32.0 Å². The Bertz CT molecular complexity index is 824. The van der Waals surface area contributed by atoms with Gasteiger partial charge in [-0.3, -0.25) is 9.59 Å². The first-order chi connectivity index (χ1) is 13.5. The Morgan fingerprint density at radius 2 is 1.71 bits per heavy atom. The summed E-state index contributed by atoms with van der Waals surface area (Å²) in [6.07, 6.45) is 5.73. The summed E-state index contributed by atoms with van der Waals surface area (Å²) in [5.41, 5.74) is 3.33. The van der Waals surface area contributed by atoms with Crippen LogP contribution < -0.4 is 15.4 Å². The molecule has 0 atom stereocenters. The molecule has 1 fully saturated rings. The monoisotopic (exact) mass is 380 g/mol. The van der Waals surface area contributed by atoms with Gasteiger partial charge < -0.3 is 15.4 Å². The van der Waals surface area contributed by atoms with Crippen molar-refractivity contribution < 1.29 is 14.3 Å². The Morgan fingerprint density at radius 1 is 1.00 bits per heavy atom. The fourth-order valence-corrected chi connectivity index (χ4v) is 3.42. The van der Waals surface area contributed by atoms with Crippen LogP contribution in [-0.2, 0) is 4.79 Å². The molecule has 5 nitrogen and oxygen atoms in total. The van der Waals surface area contributed by atoms with Gasteiger partial charge in [-0.15, -0.1) is 0 Å². The zero-order valence-electron chi connectivity index (χ0n) is 16.6. The van der Waals surface area contributed by atoms with Gasteiger partial charge >= 0.3 is 0 Å². The highest BCUT2D eigenvalue weighted by Crippen LogP contribution is 2.20. The molecule has 2 N–H and O–H groups in total. The molecule has 0 aliphatic heterocycles. The van der Waals surface area contributed by atoms with Gasteiger partial charge in [-0.05, 0) is 68.1 Å².